The molecule has 0 aliphatic carbocycles. The van der Waals surface area contributed by atoms with Gasteiger partial charge in [0.25, 0.3) is 5.91 Å². The summed E-state index contributed by atoms with van der Waals surface area (Å²) in [7, 11) is 0. The quantitative estimate of drug-likeness (QED) is 0.473. The predicted molar refractivity (Wildman–Crippen MR) is 115 cm³/mol. The lowest BCUT2D eigenvalue weighted by Gasteiger charge is -2.10. The number of nitrogens with one attached hydrogen (secondary N) is 2. The van der Waals surface area contributed by atoms with Gasteiger partial charge in [-0.1, -0.05) is 25.1 Å². The van der Waals surface area contributed by atoms with Crippen LogP contribution in [-0.4, -0.2) is 20.9 Å². The Balaban J connectivity index is 1.47. The molecule has 0 aliphatic rings. The van der Waals surface area contributed by atoms with Crippen molar-refractivity contribution in [3.8, 4) is 11.5 Å². The number of pyridine rings is 1. The summed E-state index contributed by atoms with van der Waals surface area (Å²) in [5.41, 5.74) is 3.37. The van der Waals surface area contributed by atoms with Gasteiger partial charge >= 0.3 is 0 Å². The Bertz CT molecular complexity index is 1130. The van der Waals surface area contributed by atoms with Crippen molar-refractivity contribution in [2.45, 2.75) is 19.9 Å². The lowest BCUT2D eigenvalue weighted by Crippen LogP contribution is -2.11. The SMILES string of the molecule is CCc1cc(NCc2cccc(NC(=O)c3ccco3)c2)nc(-c2ccccn2)n1. The number of carbonyl (C=O) groups excluding carboxylic acids is 1. The number of rotatable bonds is 7. The molecule has 7 nitrogen and oxygen atoms in total. The van der Waals surface area contributed by atoms with Gasteiger partial charge < -0.3 is 15.1 Å². The Hall–Kier alpha value is -4.00. The summed E-state index contributed by atoms with van der Waals surface area (Å²) < 4.78 is 5.13. The highest BCUT2D eigenvalue weighted by Gasteiger charge is 2.10. The van der Waals surface area contributed by atoms with Gasteiger partial charge in [0.1, 0.15) is 11.5 Å². The molecule has 0 aliphatic heterocycles. The van der Waals surface area contributed by atoms with Crippen molar-refractivity contribution in [1.29, 1.82) is 0 Å². The van der Waals surface area contributed by atoms with Crippen molar-refractivity contribution in [3.05, 3.63) is 90.1 Å². The fraction of sp³-hybridized carbons (Fsp3) is 0.130. The number of hydrogen-bond acceptors (Lipinski definition) is 6. The molecule has 150 valence electrons. The second-order valence-electron chi connectivity index (χ2n) is 6.62. The van der Waals surface area contributed by atoms with Crippen LogP contribution in [0.2, 0.25) is 0 Å². The summed E-state index contributed by atoms with van der Waals surface area (Å²) in [4.78, 5) is 25.7. The molecule has 0 unspecified atom stereocenters. The highest BCUT2D eigenvalue weighted by atomic mass is 16.3. The Labute approximate surface area is 174 Å². The minimum atomic E-state index is -0.284. The third-order valence-electron chi connectivity index (χ3n) is 4.44. The van der Waals surface area contributed by atoms with Crippen molar-refractivity contribution >= 4 is 17.4 Å². The van der Waals surface area contributed by atoms with Crippen molar-refractivity contribution in [1.82, 2.24) is 15.0 Å². The van der Waals surface area contributed by atoms with Gasteiger partial charge in [-0.2, -0.15) is 0 Å². The molecular weight excluding hydrogens is 378 g/mol. The first kappa shape index (κ1) is 19.3. The smallest absolute Gasteiger partial charge is 0.291 e. The molecule has 0 fully saturated rings. The maximum Gasteiger partial charge on any atom is 0.291 e. The molecule has 3 aromatic heterocycles. The average Bonchev–Trinajstić information content (AvgIpc) is 3.34. The summed E-state index contributed by atoms with van der Waals surface area (Å²) in [6.45, 7) is 2.60. The summed E-state index contributed by atoms with van der Waals surface area (Å²) in [5, 5.41) is 6.18. The maximum atomic E-state index is 12.2. The topological polar surface area (TPSA) is 92.9 Å². The van der Waals surface area contributed by atoms with Crippen LogP contribution in [0.15, 0.2) is 77.5 Å². The van der Waals surface area contributed by atoms with E-state index in [1.54, 1.807) is 18.3 Å². The zero-order chi connectivity index (χ0) is 20.8. The van der Waals surface area contributed by atoms with E-state index in [1.807, 2.05) is 48.5 Å². The first-order chi connectivity index (χ1) is 14.7. The Morgan fingerprint density at radius 1 is 1.03 bits per heavy atom. The minimum Gasteiger partial charge on any atom is -0.459 e. The third kappa shape index (κ3) is 4.70. The van der Waals surface area contributed by atoms with Gasteiger partial charge in [0.15, 0.2) is 11.6 Å². The minimum absolute atomic E-state index is 0.272. The number of nitrogens with zero attached hydrogens (tertiary/aromatic N) is 3. The van der Waals surface area contributed by atoms with Crippen molar-refractivity contribution < 1.29 is 9.21 Å². The summed E-state index contributed by atoms with van der Waals surface area (Å²) in [6, 6.07) is 18.5. The normalized spacial score (nSPS) is 10.6. The number of aryl methyl sites for hydroxylation is 1. The lowest BCUT2D eigenvalue weighted by molar-refractivity contribution is 0.0996. The van der Waals surface area contributed by atoms with Gasteiger partial charge in [-0.05, 0) is 48.4 Å². The van der Waals surface area contributed by atoms with Gasteiger partial charge in [0, 0.05) is 30.2 Å². The highest BCUT2D eigenvalue weighted by molar-refractivity contribution is 6.02. The number of furan rings is 1. The van der Waals surface area contributed by atoms with Crippen LogP contribution in [0.25, 0.3) is 11.5 Å². The van der Waals surface area contributed by atoms with E-state index >= 15 is 0 Å². The highest BCUT2D eigenvalue weighted by Crippen LogP contribution is 2.18. The number of carbonyl (C=O) groups is 1. The first-order valence-corrected chi connectivity index (χ1v) is 9.68. The van der Waals surface area contributed by atoms with Gasteiger partial charge in [0.2, 0.25) is 0 Å². The van der Waals surface area contributed by atoms with E-state index in [-0.39, 0.29) is 11.7 Å². The van der Waals surface area contributed by atoms with Crippen molar-refractivity contribution in [3.63, 3.8) is 0 Å². The second-order valence-corrected chi connectivity index (χ2v) is 6.62. The molecule has 0 atom stereocenters. The van der Waals surface area contributed by atoms with Crippen LogP contribution < -0.4 is 10.6 Å². The predicted octanol–water partition coefficient (Wildman–Crippen LogP) is 4.56. The molecule has 0 radical (unpaired) electrons. The molecule has 3 heterocycles. The maximum absolute atomic E-state index is 12.2. The van der Waals surface area contributed by atoms with Crippen LogP contribution in [0.1, 0.15) is 28.7 Å². The van der Waals surface area contributed by atoms with Crippen LogP contribution in [-0.2, 0) is 13.0 Å². The number of benzene rings is 1. The van der Waals surface area contributed by atoms with Gasteiger partial charge in [-0.3, -0.25) is 9.78 Å². The molecule has 7 heteroatoms. The van der Waals surface area contributed by atoms with Crippen molar-refractivity contribution in [2.75, 3.05) is 10.6 Å². The number of amides is 1. The van der Waals surface area contributed by atoms with Crippen LogP contribution in [0.4, 0.5) is 11.5 Å². The fourth-order valence-electron chi connectivity index (χ4n) is 2.93. The fourth-order valence-corrected chi connectivity index (χ4v) is 2.93. The molecule has 4 rings (SSSR count). The van der Waals surface area contributed by atoms with E-state index in [0.717, 1.165) is 29.2 Å². The van der Waals surface area contributed by atoms with Crippen LogP contribution in [0, 0.1) is 0 Å². The second kappa shape index (κ2) is 9.00. The van der Waals surface area contributed by atoms with E-state index in [9.17, 15) is 4.79 Å². The van der Waals surface area contributed by atoms with E-state index in [1.165, 1.54) is 6.26 Å². The summed E-state index contributed by atoms with van der Waals surface area (Å²) in [5.74, 6) is 1.31. The molecule has 1 aromatic carbocycles. The van der Waals surface area contributed by atoms with Gasteiger partial charge in [-0.15, -0.1) is 0 Å². The molecule has 4 aromatic rings. The molecule has 0 spiro atoms. The molecule has 0 saturated heterocycles. The van der Waals surface area contributed by atoms with Gasteiger partial charge in [-0.25, -0.2) is 9.97 Å². The van der Waals surface area contributed by atoms with Crippen LogP contribution in [0.3, 0.4) is 0 Å². The van der Waals surface area contributed by atoms with E-state index in [2.05, 4.69) is 32.5 Å². The zero-order valence-electron chi connectivity index (χ0n) is 16.5. The average molecular weight is 399 g/mol. The first-order valence-electron chi connectivity index (χ1n) is 9.68. The van der Waals surface area contributed by atoms with Crippen molar-refractivity contribution in [2.24, 2.45) is 0 Å². The van der Waals surface area contributed by atoms with Crippen LogP contribution in [0.5, 0.6) is 0 Å². The summed E-state index contributed by atoms with van der Waals surface area (Å²) in [6.07, 6.45) is 4.00. The monoisotopic (exact) mass is 399 g/mol. The number of aromatic nitrogens is 3. The number of anilines is 2. The molecule has 0 saturated carbocycles. The van der Waals surface area contributed by atoms with E-state index in [4.69, 9.17) is 4.42 Å². The van der Waals surface area contributed by atoms with Gasteiger partial charge in [0.05, 0.1) is 6.26 Å². The van der Waals surface area contributed by atoms with E-state index < -0.39 is 0 Å². The number of hydrogen-bond donors (Lipinski definition) is 2. The third-order valence-corrected chi connectivity index (χ3v) is 4.44. The molecule has 0 bridgehead atoms. The molecule has 30 heavy (non-hydrogen) atoms. The standard InChI is InChI=1S/C23H21N5O2/c1-2-17-14-21(28-22(26-17)19-9-3-4-11-24-19)25-15-16-7-5-8-18(13-16)27-23(29)20-10-6-12-30-20/h3-14H,2,15H2,1H3,(H,27,29)(H,25,26,28). The lowest BCUT2D eigenvalue weighted by atomic mass is 10.2. The molecule has 1 amide bonds. The Morgan fingerprint density at radius 3 is 2.73 bits per heavy atom. The molecular formula is C23H21N5O2. The Morgan fingerprint density at radius 2 is 1.97 bits per heavy atom. The zero-order valence-corrected chi connectivity index (χ0v) is 16.5. The largest absolute Gasteiger partial charge is 0.459 e. The molecule has 2 N–H and O–H groups in total. The summed E-state index contributed by atoms with van der Waals surface area (Å²) >= 11 is 0. The van der Waals surface area contributed by atoms with E-state index in [0.29, 0.717) is 18.1 Å². The van der Waals surface area contributed by atoms with Crippen LogP contribution >= 0.6 is 0 Å². The Kier molecular flexibility index (Phi) is 5.80.